The van der Waals surface area contributed by atoms with Gasteiger partial charge in [0.05, 0.1) is 13.2 Å². The van der Waals surface area contributed by atoms with E-state index in [1.54, 1.807) is 0 Å². The van der Waals surface area contributed by atoms with Crippen molar-refractivity contribution in [2.45, 2.75) is 140 Å². The highest BCUT2D eigenvalue weighted by molar-refractivity contribution is 5.07. The van der Waals surface area contributed by atoms with Crippen LogP contribution in [0.25, 0.3) is 0 Å². The number of hydrogen-bond donors (Lipinski definition) is 0. The summed E-state index contributed by atoms with van der Waals surface area (Å²) in [5, 5.41) is 0. The normalized spacial score (nSPS) is 48.5. The summed E-state index contributed by atoms with van der Waals surface area (Å²) in [5.74, 6) is -2.99. The molecule has 37 heavy (non-hydrogen) atoms. The fraction of sp³-hybridized carbons (Fsp3) is 0.923. The fourth-order valence-corrected chi connectivity index (χ4v) is 6.07. The zero-order valence-electron chi connectivity index (χ0n) is 22.8. The smallest absolute Gasteiger partial charge is 0.190 e. The monoisotopic (exact) mass is 528 g/mol. The molecule has 11 nitrogen and oxygen atoms in total. The van der Waals surface area contributed by atoms with Gasteiger partial charge in [-0.1, -0.05) is 12.2 Å². The number of hydrogen-bond acceptors (Lipinski definition) is 11. The third-order valence-electron chi connectivity index (χ3n) is 7.26. The van der Waals surface area contributed by atoms with Crippen molar-refractivity contribution in [1.29, 1.82) is 0 Å². The van der Waals surface area contributed by atoms with Crippen molar-refractivity contribution < 1.29 is 52.1 Å². The van der Waals surface area contributed by atoms with Gasteiger partial charge >= 0.3 is 0 Å². The first-order valence-corrected chi connectivity index (χ1v) is 13.2. The first-order valence-electron chi connectivity index (χ1n) is 13.2. The molecule has 6 aliphatic heterocycles. The summed E-state index contributed by atoms with van der Waals surface area (Å²) in [6.07, 6.45) is 0.0630. The van der Waals surface area contributed by atoms with Crippen LogP contribution in [0.1, 0.15) is 55.4 Å². The average molecular weight is 529 g/mol. The van der Waals surface area contributed by atoms with Gasteiger partial charge in [-0.05, 0) is 55.4 Å². The van der Waals surface area contributed by atoms with Gasteiger partial charge in [-0.2, -0.15) is 0 Å². The van der Waals surface area contributed by atoms with E-state index in [4.69, 9.17) is 52.1 Å². The Balaban J connectivity index is 1.07. The Morgan fingerprint density at radius 3 is 1.62 bits per heavy atom. The first-order chi connectivity index (χ1) is 17.2. The molecule has 6 saturated heterocycles. The Morgan fingerprint density at radius 1 is 0.541 bits per heavy atom. The minimum absolute atomic E-state index is 0.299. The molecule has 0 saturated carbocycles. The van der Waals surface area contributed by atoms with E-state index in [0.717, 1.165) is 0 Å². The van der Waals surface area contributed by atoms with E-state index in [-0.39, 0.29) is 48.8 Å². The van der Waals surface area contributed by atoms with Crippen LogP contribution in [0, 0.1) is 0 Å². The molecule has 0 radical (unpaired) electrons. The zero-order valence-corrected chi connectivity index (χ0v) is 22.8. The van der Waals surface area contributed by atoms with Crippen molar-refractivity contribution in [3.05, 3.63) is 12.2 Å². The van der Waals surface area contributed by atoms with Crippen LogP contribution >= 0.6 is 0 Å². The molecule has 210 valence electrons. The molecule has 0 aliphatic carbocycles. The maximum Gasteiger partial charge on any atom is 0.190 e. The molecule has 6 fully saturated rings. The molecule has 0 aromatic rings. The molecule has 10 atom stereocenters. The summed E-state index contributed by atoms with van der Waals surface area (Å²) < 4.78 is 67.1. The van der Waals surface area contributed by atoms with E-state index in [0.29, 0.717) is 13.2 Å². The van der Waals surface area contributed by atoms with Crippen LogP contribution < -0.4 is 0 Å². The summed E-state index contributed by atoms with van der Waals surface area (Å²) in [5.41, 5.74) is 0. The zero-order chi connectivity index (χ0) is 26.4. The molecule has 0 aromatic carbocycles. The molecule has 0 amide bonds. The van der Waals surface area contributed by atoms with Gasteiger partial charge in [0.2, 0.25) is 0 Å². The van der Waals surface area contributed by atoms with Crippen LogP contribution in [-0.2, 0) is 52.1 Å². The molecular weight excluding hydrogens is 488 g/mol. The van der Waals surface area contributed by atoms with Crippen molar-refractivity contribution in [3.8, 4) is 0 Å². The van der Waals surface area contributed by atoms with Gasteiger partial charge in [0.15, 0.2) is 35.7 Å². The second kappa shape index (κ2) is 8.90. The summed E-state index contributed by atoms with van der Waals surface area (Å²) in [7, 11) is 0. The molecule has 0 N–H and O–H groups in total. The van der Waals surface area contributed by atoms with E-state index >= 15 is 0 Å². The standard InChI is InChI=1S/C26H40O11/c1-23(2)30-15-13(28-21-19(17(15)32-23)34-25(5,6)36-21)10-9-11-27-12-14-16-18(33-24(3,4)31-16)20-22(29-14)37-26(7,8)35-20/h9-10,13-22H,11-12H2,1-8H3/b10-9+/t13?,14-,15+,16+,17+,18+,19-,20-,21+,22-/m1/s1. The van der Waals surface area contributed by atoms with Crippen LogP contribution in [0.4, 0.5) is 0 Å². The highest BCUT2D eigenvalue weighted by Gasteiger charge is 2.61. The second-order valence-corrected chi connectivity index (χ2v) is 12.3. The molecule has 6 aliphatic rings. The van der Waals surface area contributed by atoms with Gasteiger partial charge in [0.1, 0.15) is 48.8 Å². The third-order valence-corrected chi connectivity index (χ3v) is 7.26. The van der Waals surface area contributed by atoms with Gasteiger partial charge < -0.3 is 52.1 Å². The van der Waals surface area contributed by atoms with Crippen molar-refractivity contribution in [2.24, 2.45) is 0 Å². The molecular formula is C26H40O11. The molecule has 1 unspecified atom stereocenters. The largest absolute Gasteiger partial charge is 0.375 e. The predicted octanol–water partition coefficient (Wildman–Crippen LogP) is 2.35. The van der Waals surface area contributed by atoms with Gasteiger partial charge in [-0.3, -0.25) is 0 Å². The highest BCUT2D eigenvalue weighted by Crippen LogP contribution is 2.45. The van der Waals surface area contributed by atoms with Crippen molar-refractivity contribution in [2.75, 3.05) is 13.2 Å². The second-order valence-electron chi connectivity index (χ2n) is 12.3. The van der Waals surface area contributed by atoms with Crippen molar-refractivity contribution in [1.82, 2.24) is 0 Å². The Hall–Kier alpha value is -0.700. The Kier molecular flexibility index (Phi) is 6.38. The molecule has 0 aromatic heterocycles. The van der Waals surface area contributed by atoms with Crippen LogP contribution in [0.15, 0.2) is 12.2 Å². The molecule has 6 rings (SSSR count). The average Bonchev–Trinajstić information content (AvgIpc) is 3.45. The van der Waals surface area contributed by atoms with Crippen LogP contribution in [0.3, 0.4) is 0 Å². The quantitative estimate of drug-likeness (QED) is 0.388. The summed E-state index contributed by atoms with van der Waals surface area (Å²) in [6, 6.07) is 0. The Bertz CT molecular complexity index is 901. The molecule has 0 bridgehead atoms. The third kappa shape index (κ3) is 5.14. The lowest BCUT2D eigenvalue weighted by Gasteiger charge is -2.37. The topological polar surface area (TPSA) is 102 Å². The molecule has 6 heterocycles. The molecule has 11 heteroatoms. The minimum Gasteiger partial charge on any atom is -0.375 e. The van der Waals surface area contributed by atoms with E-state index < -0.39 is 35.7 Å². The van der Waals surface area contributed by atoms with E-state index in [1.807, 2.05) is 67.5 Å². The van der Waals surface area contributed by atoms with Gasteiger partial charge in [-0.15, -0.1) is 0 Å². The lowest BCUT2D eigenvalue weighted by Crippen LogP contribution is -2.56. The molecule has 0 spiro atoms. The summed E-state index contributed by atoms with van der Waals surface area (Å²) in [6.45, 7) is 15.7. The summed E-state index contributed by atoms with van der Waals surface area (Å²) >= 11 is 0. The van der Waals surface area contributed by atoms with Crippen LogP contribution in [-0.4, -0.2) is 97.8 Å². The fourth-order valence-electron chi connectivity index (χ4n) is 6.07. The number of fused-ring (bicyclic) bond motifs is 6. The first kappa shape index (κ1) is 26.5. The highest BCUT2D eigenvalue weighted by atomic mass is 16.9. The van der Waals surface area contributed by atoms with Crippen molar-refractivity contribution in [3.63, 3.8) is 0 Å². The predicted molar refractivity (Wildman–Crippen MR) is 125 cm³/mol. The van der Waals surface area contributed by atoms with E-state index in [1.165, 1.54) is 0 Å². The number of ether oxygens (including phenoxy) is 11. The SMILES string of the molecule is CC1(C)O[C@H]2[C@@H](O1)[C@@H](COC/C=C/C1O[C@H]3OC(C)(C)O[C@@H]3[C@H]3OC(C)(C)O[C@@H]13)O[C@@H]1OC(C)(C)O[C@@H]12. The van der Waals surface area contributed by atoms with Crippen LogP contribution in [0.2, 0.25) is 0 Å². The number of rotatable bonds is 5. The maximum atomic E-state index is 6.21. The van der Waals surface area contributed by atoms with E-state index in [2.05, 4.69) is 0 Å². The Morgan fingerprint density at radius 2 is 1.00 bits per heavy atom. The van der Waals surface area contributed by atoms with Gasteiger partial charge in [0.25, 0.3) is 0 Å². The van der Waals surface area contributed by atoms with E-state index in [9.17, 15) is 0 Å². The summed E-state index contributed by atoms with van der Waals surface area (Å²) in [4.78, 5) is 0. The van der Waals surface area contributed by atoms with Crippen LogP contribution in [0.5, 0.6) is 0 Å². The minimum atomic E-state index is -0.755. The lowest BCUT2D eigenvalue weighted by molar-refractivity contribution is -0.242. The maximum absolute atomic E-state index is 6.21. The van der Waals surface area contributed by atoms with Gasteiger partial charge in [0, 0.05) is 0 Å². The lowest BCUT2D eigenvalue weighted by atomic mass is 9.98. The van der Waals surface area contributed by atoms with Crippen molar-refractivity contribution >= 4 is 0 Å². The van der Waals surface area contributed by atoms with Gasteiger partial charge in [-0.25, -0.2) is 0 Å². The Labute approximate surface area is 217 Å².